The van der Waals surface area contributed by atoms with E-state index in [0.29, 0.717) is 11.9 Å². The van der Waals surface area contributed by atoms with Crippen molar-refractivity contribution < 1.29 is 14.3 Å². The van der Waals surface area contributed by atoms with Crippen LogP contribution in [0.5, 0.6) is 11.5 Å². The second-order valence-electron chi connectivity index (χ2n) is 9.50. The first kappa shape index (κ1) is 24.1. The number of fused-ring (bicyclic) bond motifs is 3. The molecule has 178 valence electrons. The van der Waals surface area contributed by atoms with Gasteiger partial charge < -0.3 is 18.9 Å². The van der Waals surface area contributed by atoms with E-state index in [1.54, 1.807) is 18.9 Å². The number of benzene rings is 1. The average molecular weight is 487 g/mol. The van der Waals surface area contributed by atoms with E-state index in [-0.39, 0.29) is 11.4 Å². The Balaban J connectivity index is 1.84. The molecule has 1 aromatic heterocycles. The van der Waals surface area contributed by atoms with Gasteiger partial charge in [0.25, 0.3) is 5.91 Å². The van der Waals surface area contributed by atoms with E-state index in [4.69, 9.17) is 9.47 Å². The molecule has 2 aromatic rings. The molecule has 0 saturated heterocycles. The highest BCUT2D eigenvalue weighted by Gasteiger charge is 2.33. The van der Waals surface area contributed by atoms with Crippen LogP contribution in [0.3, 0.4) is 0 Å². The van der Waals surface area contributed by atoms with Crippen LogP contribution < -0.4 is 9.47 Å². The lowest BCUT2D eigenvalue weighted by atomic mass is 9.94. The van der Waals surface area contributed by atoms with Gasteiger partial charge in [0.1, 0.15) is 5.69 Å². The summed E-state index contributed by atoms with van der Waals surface area (Å²) in [7, 11) is 3.59. The number of rotatable bonds is 7. The zero-order valence-corrected chi connectivity index (χ0v) is 22.1. The van der Waals surface area contributed by atoms with E-state index in [0.717, 1.165) is 53.6 Å². The predicted molar refractivity (Wildman–Crippen MR) is 140 cm³/mol. The Hall–Kier alpha value is -1.99. The van der Waals surface area contributed by atoms with E-state index >= 15 is 0 Å². The maximum Gasteiger partial charge on any atom is 0.270 e. The van der Waals surface area contributed by atoms with Crippen LogP contribution in [-0.4, -0.2) is 53.7 Å². The summed E-state index contributed by atoms with van der Waals surface area (Å²) in [6.07, 6.45) is 6.13. The van der Waals surface area contributed by atoms with Crippen LogP contribution in [0.1, 0.15) is 54.1 Å². The number of aryl methyl sites for hydroxylation is 1. The fourth-order valence-corrected chi connectivity index (χ4v) is 5.57. The third kappa shape index (κ3) is 4.67. The first-order chi connectivity index (χ1) is 15.8. The van der Waals surface area contributed by atoms with Crippen LogP contribution in [0.2, 0.25) is 0 Å². The lowest BCUT2D eigenvalue weighted by Gasteiger charge is -2.33. The zero-order chi connectivity index (χ0) is 23.8. The summed E-state index contributed by atoms with van der Waals surface area (Å²) in [6.45, 7) is 7.63. The van der Waals surface area contributed by atoms with Gasteiger partial charge in [-0.05, 0) is 74.6 Å². The Bertz CT molecular complexity index is 1060. The molecule has 0 N–H and O–H groups in total. The fourth-order valence-electron chi connectivity index (χ4n) is 4.36. The van der Waals surface area contributed by atoms with Crippen LogP contribution in [0.25, 0.3) is 11.3 Å². The Morgan fingerprint density at radius 2 is 2.06 bits per heavy atom. The monoisotopic (exact) mass is 486 g/mol. The fraction of sp³-hybridized carbons (Fsp3) is 0.500. The summed E-state index contributed by atoms with van der Waals surface area (Å²) >= 11 is 3.59. The molecule has 1 unspecified atom stereocenters. The van der Waals surface area contributed by atoms with Crippen LogP contribution >= 0.6 is 23.5 Å². The van der Waals surface area contributed by atoms with Crippen LogP contribution in [0.4, 0.5) is 0 Å². The van der Waals surface area contributed by atoms with Gasteiger partial charge in [-0.1, -0.05) is 6.08 Å². The predicted octanol–water partition coefficient (Wildman–Crippen LogP) is 6.02. The molecule has 7 heteroatoms. The van der Waals surface area contributed by atoms with Crippen LogP contribution in [0, 0.1) is 0 Å². The Kier molecular flexibility index (Phi) is 7.10. The van der Waals surface area contributed by atoms with Gasteiger partial charge in [-0.15, -0.1) is 11.8 Å². The topological polar surface area (TPSA) is 43.7 Å². The standard InChI is InChI=1S/C26H34N2O3S2/c1-26(2,3)27(4)25(29)20-15-19(23-8-7-12-33-23)24-18-16-22(31-11-13-32-6)21(30-5)14-17(18)9-10-28(20)24/h7,12,14-16,23H,8-11,13H2,1-6H3. The zero-order valence-electron chi connectivity index (χ0n) is 20.4. The molecule has 0 fully saturated rings. The first-order valence-electron chi connectivity index (χ1n) is 11.4. The second-order valence-corrected chi connectivity index (χ2v) is 11.6. The van der Waals surface area contributed by atoms with Gasteiger partial charge in [-0.2, -0.15) is 11.8 Å². The number of hydrogen-bond acceptors (Lipinski definition) is 5. The van der Waals surface area contributed by atoms with Crippen molar-refractivity contribution in [3.8, 4) is 22.8 Å². The van der Waals surface area contributed by atoms with Crippen molar-refractivity contribution in [2.24, 2.45) is 0 Å². The number of amides is 1. The molecule has 33 heavy (non-hydrogen) atoms. The summed E-state index contributed by atoms with van der Waals surface area (Å²) in [5, 5.41) is 2.49. The number of ether oxygens (including phenoxy) is 2. The van der Waals surface area contributed by atoms with Gasteiger partial charge in [0.05, 0.1) is 19.4 Å². The lowest BCUT2D eigenvalue weighted by Crippen LogP contribution is -2.43. The molecule has 0 aliphatic carbocycles. The van der Waals surface area contributed by atoms with Crippen molar-refractivity contribution in [3.05, 3.63) is 46.5 Å². The van der Waals surface area contributed by atoms with Gasteiger partial charge in [0.2, 0.25) is 0 Å². The van der Waals surface area contributed by atoms with Crippen molar-refractivity contribution >= 4 is 29.4 Å². The molecule has 1 atom stereocenters. The number of carbonyl (C=O) groups is 1. The van der Waals surface area contributed by atoms with Crippen LogP contribution in [-0.2, 0) is 13.0 Å². The van der Waals surface area contributed by atoms with Crippen molar-refractivity contribution in [2.75, 3.05) is 32.8 Å². The minimum atomic E-state index is -0.246. The van der Waals surface area contributed by atoms with Crippen LogP contribution in [0.15, 0.2) is 29.7 Å². The number of hydrogen-bond donors (Lipinski definition) is 0. The molecule has 3 heterocycles. The summed E-state index contributed by atoms with van der Waals surface area (Å²) in [6, 6.07) is 6.38. The summed E-state index contributed by atoms with van der Waals surface area (Å²) in [5.74, 6) is 2.53. The highest BCUT2D eigenvalue weighted by molar-refractivity contribution is 8.02. The molecule has 5 nitrogen and oxygen atoms in total. The van der Waals surface area contributed by atoms with E-state index in [9.17, 15) is 4.79 Å². The third-order valence-electron chi connectivity index (χ3n) is 6.49. The second kappa shape index (κ2) is 9.71. The van der Waals surface area contributed by atoms with E-state index in [1.165, 1.54) is 11.1 Å². The van der Waals surface area contributed by atoms with Crippen molar-refractivity contribution in [2.45, 2.75) is 50.9 Å². The Morgan fingerprint density at radius 3 is 2.70 bits per heavy atom. The molecule has 1 amide bonds. The number of carbonyl (C=O) groups excluding carboxylic acids is 1. The largest absolute Gasteiger partial charge is 0.493 e. The van der Waals surface area contributed by atoms with Crippen molar-refractivity contribution in [1.82, 2.24) is 9.47 Å². The molecule has 0 bridgehead atoms. The number of methoxy groups -OCH3 is 1. The molecule has 0 saturated carbocycles. The first-order valence-corrected chi connectivity index (χ1v) is 13.7. The van der Waals surface area contributed by atoms with Gasteiger partial charge in [-0.25, -0.2) is 0 Å². The number of allylic oxidation sites excluding steroid dienone is 1. The average Bonchev–Trinajstić information content (AvgIpc) is 3.45. The maximum absolute atomic E-state index is 13.6. The molecular weight excluding hydrogens is 452 g/mol. The highest BCUT2D eigenvalue weighted by atomic mass is 32.2. The quantitative estimate of drug-likeness (QED) is 0.448. The lowest BCUT2D eigenvalue weighted by molar-refractivity contribution is 0.0644. The minimum absolute atomic E-state index is 0.0689. The molecule has 0 radical (unpaired) electrons. The van der Waals surface area contributed by atoms with Gasteiger partial charge in [0, 0.05) is 35.7 Å². The smallest absolute Gasteiger partial charge is 0.270 e. The maximum atomic E-state index is 13.6. The summed E-state index contributed by atoms with van der Waals surface area (Å²) in [4.78, 5) is 15.4. The number of nitrogens with zero attached hydrogens (tertiary/aromatic N) is 2. The van der Waals surface area contributed by atoms with Gasteiger partial charge >= 0.3 is 0 Å². The van der Waals surface area contributed by atoms with Gasteiger partial charge in [0.15, 0.2) is 11.5 Å². The number of aromatic nitrogens is 1. The molecule has 1 aromatic carbocycles. The Morgan fingerprint density at radius 1 is 1.27 bits per heavy atom. The van der Waals surface area contributed by atoms with Crippen molar-refractivity contribution in [1.29, 1.82) is 0 Å². The molecule has 4 rings (SSSR count). The molecule has 2 aliphatic heterocycles. The van der Waals surface area contributed by atoms with E-state index < -0.39 is 0 Å². The molecular formula is C26H34N2O3S2. The SMILES string of the molecule is COc1cc2c(cc1OCCSC)-c1c(C3CC=CS3)cc(C(=O)N(C)C(C)(C)C)n1CC2. The normalized spacial score (nSPS) is 17.0. The van der Waals surface area contributed by atoms with Gasteiger partial charge in [-0.3, -0.25) is 4.79 Å². The molecule has 2 aliphatic rings. The minimum Gasteiger partial charge on any atom is -0.493 e. The van der Waals surface area contributed by atoms with E-state index in [1.807, 2.05) is 23.7 Å². The Labute approximate surface area is 205 Å². The summed E-state index contributed by atoms with van der Waals surface area (Å²) < 4.78 is 14.0. The number of thioether (sulfide) groups is 2. The van der Waals surface area contributed by atoms with E-state index in [2.05, 4.69) is 61.3 Å². The van der Waals surface area contributed by atoms with Crippen molar-refractivity contribution in [3.63, 3.8) is 0 Å². The highest BCUT2D eigenvalue weighted by Crippen LogP contribution is 2.48. The molecule has 0 spiro atoms. The summed E-state index contributed by atoms with van der Waals surface area (Å²) in [5.41, 5.74) is 5.31. The third-order valence-corrected chi connectivity index (χ3v) is 8.19.